The van der Waals surface area contributed by atoms with Crippen LogP contribution in [0, 0.1) is 0 Å². The summed E-state index contributed by atoms with van der Waals surface area (Å²) in [5.74, 6) is -0.629. The Morgan fingerprint density at radius 1 is 1.32 bits per heavy atom. The van der Waals surface area contributed by atoms with Gasteiger partial charge in [-0.25, -0.2) is 8.51 Å². The van der Waals surface area contributed by atoms with Gasteiger partial charge in [0.25, 0.3) is 5.91 Å². The number of primary amides is 1. The molecular weight excluding hydrogens is 438 g/mol. The van der Waals surface area contributed by atoms with Crippen LogP contribution in [-0.4, -0.2) is 45.7 Å². The predicted octanol–water partition coefficient (Wildman–Crippen LogP) is 2.15. The van der Waals surface area contributed by atoms with Gasteiger partial charge in [-0.15, -0.1) is 0 Å². The molecular formula is C13H13Br2N3O3S. The molecule has 1 atom stereocenters. The van der Waals surface area contributed by atoms with Crippen LogP contribution in [0.2, 0.25) is 0 Å². The van der Waals surface area contributed by atoms with Crippen molar-refractivity contribution in [2.75, 3.05) is 26.3 Å². The number of aromatic nitrogens is 1. The average Bonchev–Trinajstić information content (AvgIpc) is 2.91. The number of nitrogens with two attached hydrogens (primary N) is 1. The van der Waals surface area contributed by atoms with Crippen LogP contribution < -0.4 is 5.73 Å². The first-order valence-corrected chi connectivity index (χ1v) is 9.24. The van der Waals surface area contributed by atoms with E-state index in [1.807, 2.05) is 12.1 Å². The number of hydrogen-bond donors (Lipinski definition) is 2. The number of halogens is 2. The van der Waals surface area contributed by atoms with Gasteiger partial charge in [0.05, 0.1) is 18.1 Å². The summed E-state index contributed by atoms with van der Waals surface area (Å²) in [4.78, 5) is 15.2. The van der Waals surface area contributed by atoms with Gasteiger partial charge < -0.3 is 15.5 Å². The van der Waals surface area contributed by atoms with E-state index in [1.54, 1.807) is 4.31 Å². The zero-order chi connectivity index (χ0) is 15.9. The van der Waals surface area contributed by atoms with Crippen LogP contribution in [-0.2, 0) is 15.7 Å². The summed E-state index contributed by atoms with van der Waals surface area (Å²) in [6.45, 7) is 2.13. The number of H-pyrrole nitrogens is 1. The number of morpholine rings is 1. The molecule has 3 N–H and O–H groups in total. The van der Waals surface area contributed by atoms with Gasteiger partial charge in [-0.05, 0) is 44.0 Å². The lowest BCUT2D eigenvalue weighted by molar-refractivity contribution is 0.0752. The molecule has 1 fully saturated rings. The van der Waals surface area contributed by atoms with Crippen LogP contribution in [0.25, 0.3) is 10.9 Å². The molecule has 1 unspecified atom stereocenters. The van der Waals surface area contributed by atoms with E-state index in [1.165, 1.54) is 0 Å². The van der Waals surface area contributed by atoms with Crippen LogP contribution in [0.1, 0.15) is 10.5 Å². The lowest BCUT2D eigenvalue weighted by atomic mass is 10.2. The molecule has 1 amide bonds. The van der Waals surface area contributed by atoms with Crippen molar-refractivity contribution in [3.63, 3.8) is 0 Å². The zero-order valence-corrected chi connectivity index (χ0v) is 15.4. The molecule has 1 aromatic carbocycles. The normalized spacial score (nSPS) is 17.7. The van der Waals surface area contributed by atoms with Crippen LogP contribution >= 0.6 is 31.9 Å². The Morgan fingerprint density at radius 2 is 2.00 bits per heavy atom. The lowest BCUT2D eigenvalue weighted by Crippen LogP contribution is -2.38. The molecule has 22 heavy (non-hydrogen) atoms. The van der Waals surface area contributed by atoms with E-state index in [0.29, 0.717) is 42.1 Å². The van der Waals surface area contributed by atoms with Gasteiger partial charge in [0.15, 0.2) is 0 Å². The average molecular weight is 451 g/mol. The number of rotatable bonds is 3. The van der Waals surface area contributed by atoms with Crippen molar-refractivity contribution in [1.29, 1.82) is 0 Å². The van der Waals surface area contributed by atoms with E-state index in [2.05, 4.69) is 36.8 Å². The minimum atomic E-state index is -1.49. The quantitative estimate of drug-likeness (QED) is 0.750. The molecule has 2 heterocycles. The zero-order valence-electron chi connectivity index (χ0n) is 11.4. The van der Waals surface area contributed by atoms with Crippen molar-refractivity contribution < 1.29 is 13.7 Å². The Hall–Kier alpha value is -0.740. The number of carbonyl (C=O) groups is 1. The summed E-state index contributed by atoms with van der Waals surface area (Å²) in [5, 5.41) is 0.702. The Labute approximate surface area is 146 Å². The summed E-state index contributed by atoms with van der Waals surface area (Å²) >= 11 is 6.92. The summed E-state index contributed by atoms with van der Waals surface area (Å²) in [5.41, 5.74) is 6.35. The van der Waals surface area contributed by atoms with Crippen molar-refractivity contribution >= 4 is 59.7 Å². The lowest BCUT2D eigenvalue weighted by Gasteiger charge is -2.25. The molecule has 1 aliphatic rings. The first-order valence-electron chi connectivity index (χ1n) is 6.54. The molecule has 1 aromatic heterocycles. The van der Waals surface area contributed by atoms with Crippen molar-refractivity contribution in [1.82, 2.24) is 9.29 Å². The Balaban J connectivity index is 2.21. The largest absolute Gasteiger partial charge is 0.379 e. The highest BCUT2D eigenvalue weighted by Gasteiger charge is 2.28. The maximum Gasteiger partial charge on any atom is 0.266 e. The maximum absolute atomic E-state index is 13.0. The van der Waals surface area contributed by atoms with Gasteiger partial charge in [-0.2, -0.15) is 0 Å². The fourth-order valence-electron chi connectivity index (χ4n) is 2.38. The van der Waals surface area contributed by atoms with Gasteiger partial charge in [0.2, 0.25) is 0 Å². The SMILES string of the molecule is NC(=O)c1[nH]c2ccc(Br)c(Br)c2c1S(=O)N1CCOCC1. The van der Waals surface area contributed by atoms with E-state index in [-0.39, 0.29) is 5.69 Å². The molecule has 0 aliphatic carbocycles. The highest BCUT2D eigenvalue weighted by molar-refractivity contribution is 9.13. The molecule has 3 rings (SSSR count). The predicted molar refractivity (Wildman–Crippen MR) is 91.0 cm³/mol. The summed E-state index contributed by atoms with van der Waals surface area (Å²) in [6.07, 6.45) is 0. The van der Waals surface area contributed by atoms with Crippen LogP contribution in [0.4, 0.5) is 0 Å². The molecule has 0 saturated carbocycles. The highest BCUT2D eigenvalue weighted by Crippen LogP contribution is 2.37. The molecule has 9 heteroatoms. The fraction of sp³-hybridized carbons (Fsp3) is 0.308. The number of carbonyl (C=O) groups excluding carboxylic acids is 1. The number of nitrogens with one attached hydrogen (secondary N) is 1. The molecule has 0 radical (unpaired) electrons. The molecule has 0 bridgehead atoms. The second-order valence-corrected chi connectivity index (χ2v) is 7.84. The molecule has 1 aliphatic heterocycles. The van der Waals surface area contributed by atoms with E-state index in [4.69, 9.17) is 10.5 Å². The fourth-order valence-corrected chi connectivity index (χ4v) is 4.84. The minimum absolute atomic E-state index is 0.179. The second-order valence-electron chi connectivity index (χ2n) is 4.77. The third kappa shape index (κ3) is 2.76. The Morgan fingerprint density at radius 3 is 2.64 bits per heavy atom. The first-order chi connectivity index (χ1) is 10.5. The van der Waals surface area contributed by atoms with Crippen LogP contribution in [0.15, 0.2) is 26.0 Å². The van der Waals surface area contributed by atoms with E-state index >= 15 is 0 Å². The van der Waals surface area contributed by atoms with E-state index in [0.717, 1.165) is 8.95 Å². The molecule has 2 aromatic rings. The molecule has 6 nitrogen and oxygen atoms in total. The molecule has 0 spiro atoms. The summed E-state index contributed by atoms with van der Waals surface area (Å²) in [6, 6.07) is 3.66. The number of aromatic amines is 1. The number of hydrogen-bond acceptors (Lipinski definition) is 3. The van der Waals surface area contributed by atoms with Crippen molar-refractivity contribution in [3.05, 3.63) is 26.8 Å². The van der Waals surface area contributed by atoms with Gasteiger partial charge in [0, 0.05) is 32.9 Å². The van der Waals surface area contributed by atoms with E-state index in [9.17, 15) is 9.00 Å². The molecule has 1 saturated heterocycles. The third-order valence-electron chi connectivity index (χ3n) is 3.43. The minimum Gasteiger partial charge on any atom is -0.379 e. The smallest absolute Gasteiger partial charge is 0.266 e. The summed E-state index contributed by atoms with van der Waals surface area (Å²) in [7, 11) is -1.49. The van der Waals surface area contributed by atoms with Crippen LogP contribution in [0.5, 0.6) is 0 Å². The Bertz CT molecular complexity index is 771. The Kier molecular flexibility index (Phi) is 4.69. The number of fused-ring (bicyclic) bond motifs is 1. The number of benzene rings is 1. The highest BCUT2D eigenvalue weighted by atomic mass is 79.9. The van der Waals surface area contributed by atoms with E-state index < -0.39 is 16.9 Å². The van der Waals surface area contributed by atoms with Gasteiger partial charge >= 0.3 is 0 Å². The standard InChI is InChI=1S/C13H13Br2N3O3S/c14-7-1-2-8-9(10(7)15)12(11(17-8)13(16)19)22(20)18-3-5-21-6-4-18/h1-2,17H,3-6H2,(H2,16,19). The summed E-state index contributed by atoms with van der Waals surface area (Å²) < 4.78 is 21.6. The first kappa shape index (κ1) is 16.1. The van der Waals surface area contributed by atoms with Crippen molar-refractivity contribution in [3.8, 4) is 0 Å². The number of amides is 1. The van der Waals surface area contributed by atoms with Crippen LogP contribution in [0.3, 0.4) is 0 Å². The van der Waals surface area contributed by atoms with Gasteiger partial charge in [0.1, 0.15) is 16.7 Å². The topological polar surface area (TPSA) is 88.4 Å². The van der Waals surface area contributed by atoms with Gasteiger partial charge in [-0.3, -0.25) is 4.79 Å². The maximum atomic E-state index is 13.0. The third-order valence-corrected chi connectivity index (χ3v) is 7.04. The second kappa shape index (κ2) is 6.40. The monoisotopic (exact) mass is 449 g/mol. The van der Waals surface area contributed by atoms with Crippen molar-refractivity contribution in [2.24, 2.45) is 5.73 Å². The van der Waals surface area contributed by atoms with Gasteiger partial charge in [-0.1, -0.05) is 0 Å². The molecule has 118 valence electrons. The number of ether oxygens (including phenoxy) is 1. The number of nitrogens with zero attached hydrogens (tertiary/aromatic N) is 1. The van der Waals surface area contributed by atoms with Crippen molar-refractivity contribution in [2.45, 2.75) is 4.90 Å².